The zero-order valence-electron chi connectivity index (χ0n) is 7.72. The average molecular weight is 271 g/mol. The van der Waals surface area contributed by atoms with Crippen molar-refractivity contribution in [2.75, 3.05) is 0 Å². The predicted octanol–water partition coefficient (Wildman–Crippen LogP) is 4.09. The highest BCUT2D eigenvalue weighted by atomic mass is 79.9. The number of para-hydroxylation sites is 1. The van der Waals surface area contributed by atoms with Crippen molar-refractivity contribution >= 4 is 38.4 Å². The fraction of sp³-hybridized carbons (Fsp3) is 0.182. The van der Waals surface area contributed by atoms with Gasteiger partial charge in [0.05, 0.1) is 5.52 Å². The average Bonchev–Trinajstić information content (AvgIpc) is 2.18. The van der Waals surface area contributed by atoms with Crippen molar-refractivity contribution in [3.8, 4) is 0 Å². The molecule has 0 bridgehead atoms. The molecular formula is C11H9BrClN. The van der Waals surface area contributed by atoms with Crippen molar-refractivity contribution in [2.45, 2.75) is 12.3 Å². The Bertz CT molecular complexity index is 482. The van der Waals surface area contributed by atoms with E-state index in [-0.39, 0.29) is 0 Å². The third-order valence-electron chi connectivity index (χ3n) is 2.24. The molecule has 2 rings (SSSR count). The molecule has 0 N–H and O–H groups in total. The molecule has 0 amide bonds. The molecule has 0 atom stereocenters. The van der Waals surface area contributed by atoms with Crippen LogP contribution in [-0.2, 0) is 5.33 Å². The number of alkyl halides is 1. The van der Waals surface area contributed by atoms with Gasteiger partial charge >= 0.3 is 0 Å². The van der Waals surface area contributed by atoms with Gasteiger partial charge in [-0.3, -0.25) is 0 Å². The number of nitrogens with zero attached hydrogens (tertiary/aromatic N) is 1. The van der Waals surface area contributed by atoms with Crippen molar-refractivity contribution < 1.29 is 0 Å². The Hall–Kier alpha value is -0.600. The van der Waals surface area contributed by atoms with Gasteiger partial charge in [-0.25, -0.2) is 4.98 Å². The van der Waals surface area contributed by atoms with Crippen LogP contribution in [0.1, 0.15) is 11.1 Å². The number of fused-ring (bicyclic) bond motifs is 1. The summed E-state index contributed by atoms with van der Waals surface area (Å²) in [4.78, 5) is 4.33. The zero-order chi connectivity index (χ0) is 10.1. The molecule has 3 heteroatoms. The minimum absolute atomic E-state index is 0.557. The summed E-state index contributed by atoms with van der Waals surface area (Å²) in [7, 11) is 0. The van der Waals surface area contributed by atoms with E-state index in [4.69, 9.17) is 11.6 Å². The molecule has 0 saturated heterocycles. The van der Waals surface area contributed by atoms with Gasteiger partial charge in [-0.05, 0) is 24.1 Å². The number of rotatable bonds is 1. The first-order valence-electron chi connectivity index (χ1n) is 4.33. The summed E-state index contributed by atoms with van der Waals surface area (Å²) in [5.41, 5.74) is 3.34. The normalized spacial score (nSPS) is 10.8. The topological polar surface area (TPSA) is 12.9 Å². The number of hydrogen-bond donors (Lipinski definition) is 0. The van der Waals surface area contributed by atoms with Gasteiger partial charge in [-0.15, -0.1) is 0 Å². The molecule has 1 heterocycles. The lowest BCUT2D eigenvalue weighted by atomic mass is 10.1. The Morgan fingerprint density at radius 1 is 1.43 bits per heavy atom. The molecule has 1 aromatic heterocycles. The van der Waals surface area contributed by atoms with Crippen LogP contribution in [0.25, 0.3) is 10.9 Å². The summed E-state index contributed by atoms with van der Waals surface area (Å²) in [5.74, 6) is 0. The first-order chi connectivity index (χ1) is 6.72. The maximum absolute atomic E-state index is 5.94. The quantitative estimate of drug-likeness (QED) is 0.562. The fourth-order valence-electron chi connectivity index (χ4n) is 1.54. The largest absolute Gasteiger partial charge is 0.236 e. The van der Waals surface area contributed by atoms with Crippen LogP contribution in [0.5, 0.6) is 0 Å². The lowest BCUT2D eigenvalue weighted by Gasteiger charge is -2.05. The second kappa shape index (κ2) is 3.87. The standard InChI is InChI=1S/C11H9BrClN/c1-7-3-2-4-9-8(6-12)5-10(13)14-11(7)9/h2-5H,6H2,1H3. The smallest absolute Gasteiger partial charge is 0.130 e. The summed E-state index contributed by atoms with van der Waals surface area (Å²) in [6, 6.07) is 8.06. The molecule has 1 aromatic carbocycles. The molecule has 72 valence electrons. The Morgan fingerprint density at radius 3 is 2.93 bits per heavy atom. The van der Waals surface area contributed by atoms with Crippen molar-refractivity contribution in [1.29, 1.82) is 0 Å². The molecular weight excluding hydrogens is 261 g/mol. The second-order valence-electron chi connectivity index (χ2n) is 3.21. The van der Waals surface area contributed by atoms with Crippen LogP contribution >= 0.6 is 27.5 Å². The summed E-state index contributed by atoms with van der Waals surface area (Å²) < 4.78 is 0. The summed E-state index contributed by atoms with van der Waals surface area (Å²) in [6.07, 6.45) is 0. The van der Waals surface area contributed by atoms with Crippen molar-refractivity contribution in [1.82, 2.24) is 4.98 Å². The number of pyridine rings is 1. The van der Waals surface area contributed by atoms with Crippen LogP contribution in [0.4, 0.5) is 0 Å². The maximum Gasteiger partial charge on any atom is 0.130 e. The van der Waals surface area contributed by atoms with E-state index in [1.54, 1.807) is 0 Å². The van der Waals surface area contributed by atoms with E-state index in [2.05, 4.69) is 27.0 Å². The third kappa shape index (κ3) is 1.64. The molecule has 0 radical (unpaired) electrons. The van der Waals surface area contributed by atoms with E-state index in [1.165, 1.54) is 10.9 Å². The van der Waals surface area contributed by atoms with Gasteiger partial charge < -0.3 is 0 Å². The van der Waals surface area contributed by atoms with E-state index < -0.39 is 0 Å². The third-order valence-corrected chi connectivity index (χ3v) is 3.04. The minimum atomic E-state index is 0.557. The van der Waals surface area contributed by atoms with Crippen molar-refractivity contribution in [3.63, 3.8) is 0 Å². The highest BCUT2D eigenvalue weighted by Gasteiger charge is 2.05. The number of halogens is 2. The highest BCUT2D eigenvalue weighted by Crippen LogP contribution is 2.24. The molecule has 0 fully saturated rings. The number of benzene rings is 1. The SMILES string of the molecule is Cc1cccc2c(CBr)cc(Cl)nc12. The van der Waals surface area contributed by atoms with Gasteiger partial charge in [0.1, 0.15) is 5.15 Å². The monoisotopic (exact) mass is 269 g/mol. The van der Waals surface area contributed by atoms with Crippen LogP contribution in [0.3, 0.4) is 0 Å². The lowest BCUT2D eigenvalue weighted by molar-refractivity contribution is 1.33. The number of aryl methyl sites for hydroxylation is 1. The minimum Gasteiger partial charge on any atom is -0.236 e. The molecule has 0 spiro atoms. The fourth-order valence-corrected chi connectivity index (χ4v) is 2.22. The second-order valence-corrected chi connectivity index (χ2v) is 4.16. The molecule has 0 aliphatic carbocycles. The van der Waals surface area contributed by atoms with Crippen molar-refractivity contribution in [2.24, 2.45) is 0 Å². The molecule has 0 saturated carbocycles. The molecule has 2 aromatic rings. The van der Waals surface area contributed by atoms with Crippen LogP contribution in [0.15, 0.2) is 24.3 Å². The first kappa shape index (κ1) is 9.94. The van der Waals surface area contributed by atoms with Gasteiger partial charge in [0.15, 0.2) is 0 Å². The molecule has 14 heavy (non-hydrogen) atoms. The van der Waals surface area contributed by atoms with Crippen LogP contribution in [-0.4, -0.2) is 4.98 Å². The predicted molar refractivity (Wildman–Crippen MR) is 64.1 cm³/mol. The first-order valence-corrected chi connectivity index (χ1v) is 5.83. The van der Waals surface area contributed by atoms with Gasteiger partial charge in [-0.2, -0.15) is 0 Å². The summed E-state index contributed by atoms with van der Waals surface area (Å²) >= 11 is 9.39. The van der Waals surface area contributed by atoms with Gasteiger partial charge in [0, 0.05) is 10.7 Å². The van der Waals surface area contributed by atoms with Gasteiger partial charge in [-0.1, -0.05) is 45.7 Å². The van der Waals surface area contributed by atoms with Crippen LogP contribution in [0.2, 0.25) is 5.15 Å². The Kier molecular flexibility index (Phi) is 2.75. The zero-order valence-corrected chi connectivity index (χ0v) is 10.1. The van der Waals surface area contributed by atoms with Crippen LogP contribution < -0.4 is 0 Å². The Labute approximate surface area is 96.2 Å². The molecule has 1 nitrogen and oxygen atoms in total. The molecule has 0 aliphatic rings. The maximum atomic E-state index is 5.94. The van der Waals surface area contributed by atoms with Crippen molar-refractivity contribution in [3.05, 3.63) is 40.5 Å². The lowest BCUT2D eigenvalue weighted by Crippen LogP contribution is -1.89. The van der Waals surface area contributed by atoms with Crippen LogP contribution in [0, 0.1) is 6.92 Å². The van der Waals surface area contributed by atoms with E-state index in [9.17, 15) is 0 Å². The summed E-state index contributed by atoms with van der Waals surface area (Å²) in [5, 5.41) is 2.53. The Morgan fingerprint density at radius 2 is 2.21 bits per heavy atom. The van der Waals surface area contributed by atoms with Gasteiger partial charge in [0.2, 0.25) is 0 Å². The number of aromatic nitrogens is 1. The van der Waals surface area contributed by atoms with Gasteiger partial charge in [0.25, 0.3) is 0 Å². The molecule has 0 aliphatic heterocycles. The highest BCUT2D eigenvalue weighted by molar-refractivity contribution is 9.08. The van der Waals surface area contributed by atoms with E-state index in [0.717, 1.165) is 16.4 Å². The van der Waals surface area contributed by atoms with E-state index in [0.29, 0.717) is 5.15 Å². The Balaban J connectivity index is 2.87. The van der Waals surface area contributed by atoms with E-state index in [1.807, 2.05) is 25.1 Å². The summed E-state index contributed by atoms with van der Waals surface area (Å²) in [6.45, 7) is 2.05. The van der Waals surface area contributed by atoms with E-state index >= 15 is 0 Å². The number of hydrogen-bond acceptors (Lipinski definition) is 1. The molecule has 0 unspecified atom stereocenters.